The van der Waals surface area contributed by atoms with Gasteiger partial charge in [0.05, 0.1) is 11.7 Å². The highest BCUT2D eigenvalue weighted by atomic mass is 32.1. The third-order valence-electron chi connectivity index (χ3n) is 4.86. The molecule has 3 rings (SSSR count). The van der Waals surface area contributed by atoms with Crippen molar-refractivity contribution in [2.24, 2.45) is 7.05 Å². The Morgan fingerprint density at radius 3 is 2.84 bits per heavy atom. The Morgan fingerprint density at radius 1 is 1.44 bits per heavy atom. The summed E-state index contributed by atoms with van der Waals surface area (Å²) in [5, 5.41) is 12.5. The van der Waals surface area contributed by atoms with E-state index in [1.807, 2.05) is 33.3 Å². The number of urea groups is 1. The Balaban J connectivity index is 1.57. The maximum Gasteiger partial charge on any atom is 0.320 e. The van der Waals surface area contributed by atoms with Gasteiger partial charge in [-0.05, 0) is 38.4 Å². The number of aryl methyl sites for hydroxylation is 1. The fraction of sp³-hybridized carbons (Fsp3) is 0.556. The standard InChI is InChI=1S/C18H27N5OS/c1-22(2)15(16-9-6-10-25-16)12-19-18(24)20-17-11-14(21-23(17)3)13-7-4-5-8-13/h6,9-11,13,15H,4-5,7-8,12H2,1-3H3,(H2,19,20,24). The highest BCUT2D eigenvalue weighted by Gasteiger charge is 2.21. The molecular formula is C18H27N5OS. The van der Waals surface area contributed by atoms with Crippen molar-refractivity contribution in [3.63, 3.8) is 0 Å². The van der Waals surface area contributed by atoms with Crippen molar-refractivity contribution in [3.05, 3.63) is 34.2 Å². The van der Waals surface area contributed by atoms with Crippen molar-refractivity contribution in [1.82, 2.24) is 20.0 Å². The average Bonchev–Trinajstić information content (AvgIpc) is 3.30. The second-order valence-corrected chi connectivity index (χ2v) is 7.87. The summed E-state index contributed by atoms with van der Waals surface area (Å²) in [6, 6.07) is 6.13. The SMILES string of the molecule is CN(C)C(CNC(=O)Nc1cc(C2CCCC2)nn1C)c1cccs1. The highest BCUT2D eigenvalue weighted by molar-refractivity contribution is 7.10. The van der Waals surface area contributed by atoms with Crippen molar-refractivity contribution in [2.75, 3.05) is 26.0 Å². The monoisotopic (exact) mass is 361 g/mol. The zero-order valence-electron chi connectivity index (χ0n) is 15.2. The molecule has 0 spiro atoms. The van der Waals surface area contributed by atoms with Crippen LogP contribution < -0.4 is 10.6 Å². The predicted molar refractivity (Wildman–Crippen MR) is 102 cm³/mol. The number of amides is 2. The fourth-order valence-electron chi connectivity index (χ4n) is 3.40. The van der Waals surface area contributed by atoms with Crippen LogP contribution in [0.1, 0.15) is 48.2 Å². The molecule has 1 aliphatic carbocycles. The third-order valence-corrected chi connectivity index (χ3v) is 5.84. The summed E-state index contributed by atoms with van der Waals surface area (Å²) in [5.41, 5.74) is 1.10. The van der Waals surface area contributed by atoms with Gasteiger partial charge in [-0.2, -0.15) is 5.10 Å². The van der Waals surface area contributed by atoms with Crippen molar-refractivity contribution in [3.8, 4) is 0 Å². The van der Waals surface area contributed by atoms with Crippen LogP contribution in [0.4, 0.5) is 10.6 Å². The zero-order chi connectivity index (χ0) is 17.8. The lowest BCUT2D eigenvalue weighted by Crippen LogP contribution is -2.36. The molecule has 0 bridgehead atoms. The molecule has 2 aromatic rings. The van der Waals surface area contributed by atoms with Crippen LogP contribution in [0.2, 0.25) is 0 Å². The Kier molecular flexibility index (Phi) is 5.75. The number of nitrogens with one attached hydrogen (secondary N) is 2. The zero-order valence-corrected chi connectivity index (χ0v) is 16.0. The first-order chi connectivity index (χ1) is 12.0. The fourth-order valence-corrected chi connectivity index (χ4v) is 4.32. The van der Waals surface area contributed by atoms with E-state index in [9.17, 15) is 4.79 Å². The van der Waals surface area contributed by atoms with Gasteiger partial charge in [0.25, 0.3) is 0 Å². The van der Waals surface area contributed by atoms with Crippen LogP contribution >= 0.6 is 11.3 Å². The molecule has 1 unspecified atom stereocenters. The lowest BCUT2D eigenvalue weighted by atomic mass is 10.0. The molecule has 0 saturated heterocycles. The summed E-state index contributed by atoms with van der Waals surface area (Å²) < 4.78 is 1.76. The van der Waals surface area contributed by atoms with E-state index in [2.05, 4.69) is 32.1 Å². The quantitative estimate of drug-likeness (QED) is 0.827. The van der Waals surface area contributed by atoms with Gasteiger partial charge in [0, 0.05) is 30.5 Å². The van der Waals surface area contributed by atoms with Crippen LogP contribution in [0.5, 0.6) is 0 Å². The summed E-state index contributed by atoms with van der Waals surface area (Å²) in [4.78, 5) is 15.7. The Bertz CT molecular complexity index is 688. The van der Waals surface area contributed by atoms with Gasteiger partial charge in [-0.15, -0.1) is 11.3 Å². The molecule has 2 N–H and O–H groups in total. The molecule has 7 heteroatoms. The number of nitrogens with zero attached hydrogens (tertiary/aromatic N) is 3. The van der Waals surface area contributed by atoms with Crippen molar-refractivity contribution in [1.29, 1.82) is 0 Å². The van der Waals surface area contributed by atoms with Crippen LogP contribution in [-0.4, -0.2) is 41.4 Å². The van der Waals surface area contributed by atoms with E-state index in [-0.39, 0.29) is 12.1 Å². The van der Waals surface area contributed by atoms with Gasteiger partial charge in [-0.25, -0.2) is 4.79 Å². The van der Waals surface area contributed by atoms with Gasteiger partial charge in [-0.1, -0.05) is 18.9 Å². The molecule has 0 aliphatic heterocycles. The average molecular weight is 362 g/mol. The Labute approximate surface area is 153 Å². The van der Waals surface area contributed by atoms with Crippen LogP contribution in [0, 0.1) is 0 Å². The molecule has 25 heavy (non-hydrogen) atoms. The maximum absolute atomic E-state index is 12.3. The van der Waals surface area contributed by atoms with Crippen LogP contribution in [0.25, 0.3) is 0 Å². The van der Waals surface area contributed by atoms with E-state index >= 15 is 0 Å². The van der Waals surface area contributed by atoms with E-state index in [0.29, 0.717) is 12.5 Å². The van der Waals surface area contributed by atoms with Crippen LogP contribution in [-0.2, 0) is 7.05 Å². The lowest BCUT2D eigenvalue weighted by Gasteiger charge is -2.23. The number of hydrogen-bond acceptors (Lipinski definition) is 4. The number of carbonyl (C=O) groups is 1. The van der Waals surface area contributed by atoms with E-state index in [0.717, 1.165) is 11.5 Å². The first-order valence-corrected chi connectivity index (χ1v) is 9.71. The van der Waals surface area contributed by atoms with Gasteiger partial charge in [-0.3, -0.25) is 10.00 Å². The number of hydrogen-bond donors (Lipinski definition) is 2. The molecule has 2 aromatic heterocycles. The predicted octanol–water partition coefficient (Wildman–Crippen LogP) is 3.56. The summed E-state index contributed by atoms with van der Waals surface area (Å²) in [5.74, 6) is 1.29. The second kappa shape index (κ2) is 8.01. The summed E-state index contributed by atoms with van der Waals surface area (Å²) in [7, 11) is 5.93. The van der Waals surface area contributed by atoms with E-state index in [1.54, 1.807) is 16.0 Å². The number of rotatable bonds is 6. The van der Waals surface area contributed by atoms with Gasteiger partial charge in [0.15, 0.2) is 0 Å². The summed E-state index contributed by atoms with van der Waals surface area (Å²) in [6.45, 7) is 0.562. The molecule has 1 aliphatic rings. The number of carbonyl (C=O) groups excluding carboxylic acids is 1. The molecule has 2 heterocycles. The van der Waals surface area contributed by atoms with Crippen molar-refractivity contribution in [2.45, 2.75) is 37.6 Å². The smallest absolute Gasteiger partial charge is 0.320 e. The van der Waals surface area contributed by atoms with E-state index < -0.39 is 0 Å². The van der Waals surface area contributed by atoms with Gasteiger partial charge >= 0.3 is 6.03 Å². The first kappa shape index (κ1) is 17.9. The number of aromatic nitrogens is 2. The van der Waals surface area contributed by atoms with E-state index in [4.69, 9.17) is 0 Å². The Hall–Kier alpha value is -1.86. The van der Waals surface area contributed by atoms with Crippen LogP contribution in [0.3, 0.4) is 0 Å². The van der Waals surface area contributed by atoms with Gasteiger partial charge in [0.1, 0.15) is 5.82 Å². The molecular weight excluding hydrogens is 334 g/mol. The molecule has 1 fully saturated rings. The number of anilines is 1. The van der Waals surface area contributed by atoms with Crippen LogP contribution in [0.15, 0.2) is 23.6 Å². The molecule has 1 atom stereocenters. The summed E-state index contributed by atoms with van der Waals surface area (Å²) in [6.07, 6.45) is 4.96. The minimum Gasteiger partial charge on any atom is -0.336 e. The second-order valence-electron chi connectivity index (χ2n) is 6.89. The lowest BCUT2D eigenvalue weighted by molar-refractivity contribution is 0.243. The minimum atomic E-state index is -0.190. The first-order valence-electron chi connectivity index (χ1n) is 8.83. The molecule has 0 radical (unpaired) electrons. The van der Waals surface area contributed by atoms with Gasteiger partial charge in [0.2, 0.25) is 0 Å². The molecule has 6 nitrogen and oxygen atoms in total. The molecule has 136 valence electrons. The Morgan fingerprint density at radius 2 is 2.20 bits per heavy atom. The molecule has 0 aromatic carbocycles. The van der Waals surface area contributed by atoms with Crippen molar-refractivity contribution >= 4 is 23.2 Å². The van der Waals surface area contributed by atoms with Gasteiger partial charge < -0.3 is 10.2 Å². The highest BCUT2D eigenvalue weighted by Crippen LogP contribution is 2.34. The largest absolute Gasteiger partial charge is 0.336 e. The summed E-state index contributed by atoms with van der Waals surface area (Å²) >= 11 is 1.71. The molecule has 1 saturated carbocycles. The molecule has 2 amide bonds. The number of likely N-dealkylation sites (N-methyl/N-ethyl adjacent to an activating group) is 1. The number of thiophene rings is 1. The third kappa shape index (κ3) is 4.41. The normalized spacial score (nSPS) is 16.3. The maximum atomic E-state index is 12.3. The minimum absolute atomic E-state index is 0.173. The van der Waals surface area contributed by atoms with Crippen molar-refractivity contribution < 1.29 is 4.79 Å². The van der Waals surface area contributed by atoms with E-state index in [1.165, 1.54) is 30.6 Å². The topological polar surface area (TPSA) is 62.2 Å².